The molecule has 10 heteroatoms. The summed E-state index contributed by atoms with van der Waals surface area (Å²) in [5.74, 6) is -0.583. The molecule has 1 unspecified atom stereocenters. The summed E-state index contributed by atoms with van der Waals surface area (Å²) in [6, 6.07) is 7.67. The van der Waals surface area contributed by atoms with Crippen molar-refractivity contribution in [3.8, 4) is 0 Å². The number of ether oxygens (including phenoxy) is 2. The van der Waals surface area contributed by atoms with E-state index in [2.05, 4.69) is 15.0 Å². The highest BCUT2D eigenvalue weighted by Crippen LogP contribution is 2.29. The number of carboxylic acid groups (broad SMARTS) is 1. The fourth-order valence-electron chi connectivity index (χ4n) is 2.87. The Labute approximate surface area is 205 Å². The summed E-state index contributed by atoms with van der Waals surface area (Å²) in [5.41, 5.74) is 1.86. The monoisotopic (exact) mass is 502 g/mol. The van der Waals surface area contributed by atoms with Crippen molar-refractivity contribution < 1.29 is 29.0 Å². The number of alkyl carbamates (subject to hydrolysis) is 1. The summed E-state index contributed by atoms with van der Waals surface area (Å²) in [4.78, 5) is 33.9. The van der Waals surface area contributed by atoms with Crippen LogP contribution in [0.3, 0.4) is 0 Å². The number of nitrogens with one attached hydrogen (secondary N) is 1. The first-order valence-corrected chi connectivity index (χ1v) is 12.1. The highest BCUT2D eigenvalue weighted by atomic mass is 35.5. The van der Waals surface area contributed by atoms with Crippen molar-refractivity contribution >= 4 is 41.9 Å². The van der Waals surface area contributed by atoms with Crippen LogP contribution in [0, 0.1) is 0 Å². The van der Waals surface area contributed by atoms with Crippen molar-refractivity contribution in [2.45, 2.75) is 52.0 Å². The Bertz CT molecular complexity index is 760. The minimum atomic E-state index is -0.956. The molecule has 1 fully saturated rings. The van der Waals surface area contributed by atoms with E-state index in [1.807, 2.05) is 38.1 Å². The van der Waals surface area contributed by atoms with E-state index in [4.69, 9.17) is 21.1 Å². The molecule has 0 saturated carbocycles. The Morgan fingerprint density at radius 3 is 2.52 bits per heavy atom. The third-order valence-corrected chi connectivity index (χ3v) is 5.75. The molecule has 1 amide bonds. The molecule has 33 heavy (non-hydrogen) atoms. The number of rotatable bonds is 8. The number of carbonyl (C=O) groups is 3. The second-order valence-electron chi connectivity index (χ2n) is 6.91. The van der Waals surface area contributed by atoms with Gasteiger partial charge in [0, 0.05) is 36.0 Å². The SMILES string of the molecule is CC.CC(C)OC(=O)NCSC1CCN(Cc2ccccc2Cl)C/C1=C/C(=O)O.COC=O. The van der Waals surface area contributed by atoms with Crippen LogP contribution in [0.2, 0.25) is 5.02 Å². The summed E-state index contributed by atoms with van der Waals surface area (Å²) in [6.07, 6.45) is 1.45. The van der Waals surface area contributed by atoms with E-state index < -0.39 is 12.1 Å². The zero-order valence-corrected chi connectivity index (χ0v) is 21.4. The maximum absolute atomic E-state index is 11.6. The van der Waals surface area contributed by atoms with Gasteiger partial charge in [0.25, 0.3) is 6.47 Å². The van der Waals surface area contributed by atoms with Gasteiger partial charge in [0.15, 0.2) is 0 Å². The molecule has 1 atom stereocenters. The number of methoxy groups -OCH3 is 1. The number of carboxylic acids is 1. The summed E-state index contributed by atoms with van der Waals surface area (Å²) < 4.78 is 8.89. The molecule has 186 valence electrons. The van der Waals surface area contributed by atoms with Gasteiger partial charge in [-0.25, -0.2) is 9.59 Å². The molecule has 0 spiro atoms. The molecule has 1 aliphatic heterocycles. The lowest BCUT2D eigenvalue weighted by Gasteiger charge is -2.34. The molecule has 2 rings (SSSR count). The van der Waals surface area contributed by atoms with E-state index in [9.17, 15) is 14.7 Å². The average molecular weight is 503 g/mol. The van der Waals surface area contributed by atoms with Gasteiger partial charge in [0.1, 0.15) is 0 Å². The third-order valence-electron chi connectivity index (χ3n) is 4.13. The first kappa shape index (κ1) is 30.8. The van der Waals surface area contributed by atoms with Crippen LogP contribution < -0.4 is 5.32 Å². The van der Waals surface area contributed by atoms with E-state index in [-0.39, 0.29) is 11.4 Å². The molecule has 1 aromatic rings. The number of benzene rings is 1. The van der Waals surface area contributed by atoms with Crippen LogP contribution in [-0.2, 0) is 25.6 Å². The predicted octanol–water partition coefficient (Wildman–Crippen LogP) is 4.57. The van der Waals surface area contributed by atoms with Gasteiger partial charge in [-0.05, 0) is 37.5 Å². The van der Waals surface area contributed by atoms with Gasteiger partial charge >= 0.3 is 12.1 Å². The van der Waals surface area contributed by atoms with Crippen molar-refractivity contribution in [1.82, 2.24) is 10.2 Å². The molecule has 1 heterocycles. The first-order valence-electron chi connectivity index (χ1n) is 10.7. The van der Waals surface area contributed by atoms with Crippen molar-refractivity contribution in [2.75, 3.05) is 26.1 Å². The van der Waals surface area contributed by atoms with E-state index >= 15 is 0 Å². The van der Waals surface area contributed by atoms with E-state index in [0.29, 0.717) is 30.5 Å². The smallest absolute Gasteiger partial charge is 0.408 e. The Kier molecular flexibility index (Phi) is 17.0. The number of piperidine rings is 1. The Morgan fingerprint density at radius 2 is 1.97 bits per heavy atom. The standard InChI is InChI=1S/C19H25ClN2O4S.C2H4O2.C2H6/c1-13(2)26-19(25)21-12-27-17-7-8-22(11-15(17)9-18(23)24)10-14-5-3-4-6-16(14)20;1-4-2-3;1-2/h3-6,9,13,17H,7-8,10-12H2,1-2H3,(H,21,25)(H,23,24);2H,1H3;1-2H3/b15-9-;;. The van der Waals surface area contributed by atoms with Crippen molar-refractivity contribution in [2.24, 2.45) is 0 Å². The largest absolute Gasteiger partial charge is 0.478 e. The lowest BCUT2D eigenvalue weighted by Crippen LogP contribution is -2.37. The van der Waals surface area contributed by atoms with E-state index in [1.54, 1.807) is 13.8 Å². The second-order valence-corrected chi connectivity index (χ2v) is 8.51. The van der Waals surface area contributed by atoms with Crippen LogP contribution in [0.1, 0.15) is 39.7 Å². The molecular weight excluding hydrogens is 468 g/mol. The summed E-state index contributed by atoms with van der Waals surface area (Å²) in [5, 5.41) is 12.6. The molecule has 1 aliphatic rings. The average Bonchev–Trinajstić information content (AvgIpc) is 2.77. The number of carbonyl (C=O) groups excluding carboxylic acids is 2. The normalized spacial score (nSPS) is 16.6. The van der Waals surface area contributed by atoms with Crippen molar-refractivity contribution in [1.29, 1.82) is 0 Å². The quantitative estimate of drug-likeness (QED) is 0.302. The molecule has 8 nitrogen and oxygen atoms in total. The van der Waals surface area contributed by atoms with E-state index in [0.717, 1.165) is 24.1 Å². The maximum Gasteiger partial charge on any atom is 0.408 e. The topological polar surface area (TPSA) is 105 Å². The van der Waals surface area contributed by atoms with Crippen LogP contribution in [0.4, 0.5) is 4.79 Å². The highest BCUT2D eigenvalue weighted by molar-refractivity contribution is 8.00. The fourth-order valence-corrected chi connectivity index (χ4v) is 4.10. The van der Waals surface area contributed by atoms with Gasteiger partial charge in [-0.3, -0.25) is 9.69 Å². The van der Waals surface area contributed by atoms with Crippen LogP contribution in [0.25, 0.3) is 0 Å². The number of nitrogens with zero attached hydrogens (tertiary/aromatic N) is 1. The number of hydrogen-bond donors (Lipinski definition) is 2. The lowest BCUT2D eigenvalue weighted by atomic mass is 10.0. The van der Waals surface area contributed by atoms with Crippen LogP contribution >= 0.6 is 23.4 Å². The fraction of sp³-hybridized carbons (Fsp3) is 0.522. The number of amides is 1. The molecule has 0 aliphatic carbocycles. The zero-order chi connectivity index (χ0) is 25.2. The third kappa shape index (κ3) is 13.8. The summed E-state index contributed by atoms with van der Waals surface area (Å²) >= 11 is 7.75. The van der Waals surface area contributed by atoms with Crippen LogP contribution in [0.15, 0.2) is 35.9 Å². The van der Waals surface area contributed by atoms with Gasteiger partial charge in [-0.15, -0.1) is 11.8 Å². The van der Waals surface area contributed by atoms with Gasteiger partial charge in [0.2, 0.25) is 0 Å². The summed E-state index contributed by atoms with van der Waals surface area (Å²) in [6.45, 7) is 10.0. The molecule has 0 aromatic heterocycles. The lowest BCUT2D eigenvalue weighted by molar-refractivity contribution is -0.131. The van der Waals surface area contributed by atoms with Gasteiger partial charge in [-0.2, -0.15) is 0 Å². The summed E-state index contributed by atoms with van der Waals surface area (Å²) in [7, 11) is 1.31. The Balaban J connectivity index is 0.00000154. The van der Waals surface area contributed by atoms with Crippen LogP contribution in [-0.4, -0.2) is 66.0 Å². The molecule has 0 bridgehead atoms. The maximum atomic E-state index is 11.6. The zero-order valence-electron chi connectivity index (χ0n) is 19.9. The van der Waals surface area contributed by atoms with E-state index in [1.165, 1.54) is 24.9 Å². The number of likely N-dealkylation sites (tertiary alicyclic amines) is 1. The number of thioether (sulfide) groups is 1. The molecule has 1 aromatic carbocycles. The van der Waals surface area contributed by atoms with Gasteiger partial charge in [0.05, 0.1) is 19.1 Å². The molecule has 1 saturated heterocycles. The minimum absolute atomic E-state index is 0.0444. The van der Waals surface area contributed by atoms with Crippen LogP contribution in [0.5, 0.6) is 0 Å². The predicted molar refractivity (Wildman–Crippen MR) is 132 cm³/mol. The number of hydrogen-bond acceptors (Lipinski definition) is 7. The number of halogens is 1. The van der Waals surface area contributed by atoms with Crippen molar-refractivity contribution in [3.05, 3.63) is 46.5 Å². The first-order chi connectivity index (χ1) is 15.8. The Morgan fingerprint density at radius 1 is 1.33 bits per heavy atom. The molecular formula is C23H35ClN2O6S. The minimum Gasteiger partial charge on any atom is -0.478 e. The highest BCUT2D eigenvalue weighted by Gasteiger charge is 2.25. The Hall–Kier alpha value is -2.23. The van der Waals surface area contributed by atoms with Gasteiger partial charge in [-0.1, -0.05) is 43.6 Å². The molecule has 0 radical (unpaired) electrons. The van der Waals surface area contributed by atoms with Gasteiger partial charge < -0.3 is 19.9 Å². The molecule has 2 N–H and O–H groups in total. The number of aliphatic carboxylic acids is 1. The second kappa shape index (κ2) is 18.2. The van der Waals surface area contributed by atoms with Crippen molar-refractivity contribution in [3.63, 3.8) is 0 Å².